The Hall–Kier alpha value is -1.94. The number of ether oxygens (including phenoxy) is 4. The maximum atomic E-state index is 13.0. The van der Waals surface area contributed by atoms with Crippen molar-refractivity contribution in [1.82, 2.24) is 0 Å². The van der Waals surface area contributed by atoms with E-state index in [1.165, 1.54) is 122 Å². The van der Waals surface area contributed by atoms with E-state index >= 15 is 0 Å². The zero-order valence-corrected chi connectivity index (χ0v) is 54.6. The van der Waals surface area contributed by atoms with Gasteiger partial charge in [-0.3, -0.25) is 37.3 Å². The Morgan fingerprint density at radius 1 is 0.329 bits per heavy atom. The van der Waals surface area contributed by atoms with Gasteiger partial charge in [-0.15, -0.1) is 0 Å². The van der Waals surface area contributed by atoms with Gasteiger partial charge in [0.05, 0.1) is 26.4 Å². The number of hydrogen-bond acceptors (Lipinski definition) is 15. The zero-order chi connectivity index (χ0) is 60.8. The second-order valence-corrected chi connectivity index (χ2v) is 26.7. The van der Waals surface area contributed by atoms with E-state index in [0.29, 0.717) is 37.5 Å². The molecular weight excluding hydrogens is 1090 g/mol. The molecule has 0 aliphatic heterocycles. The first-order valence-electron chi connectivity index (χ1n) is 33.0. The molecule has 82 heavy (non-hydrogen) atoms. The van der Waals surface area contributed by atoms with Crippen LogP contribution in [0.2, 0.25) is 0 Å². The summed E-state index contributed by atoms with van der Waals surface area (Å²) in [5.74, 6) is -0.736. The van der Waals surface area contributed by atoms with Gasteiger partial charge >= 0.3 is 39.5 Å². The van der Waals surface area contributed by atoms with Crippen molar-refractivity contribution in [3.8, 4) is 0 Å². The molecule has 2 unspecified atom stereocenters. The molecule has 17 nitrogen and oxygen atoms in total. The first-order valence-corrected chi connectivity index (χ1v) is 36.0. The van der Waals surface area contributed by atoms with E-state index in [9.17, 15) is 43.2 Å². The molecule has 0 aliphatic carbocycles. The van der Waals surface area contributed by atoms with E-state index in [0.717, 1.165) is 96.3 Å². The minimum atomic E-state index is -4.94. The minimum Gasteiger partial charge on any atom is -0.462 e. The van der Waals surface area contributed by atoms with Crippen LogP contribution in [0.5, 0.6) is 0 Å². The number of phosphoric ester groups is 2. The summed E-state index contributed by atoms with van der Waals surface area (Å²) >= 11 is 0. The number of unbranched alkanes of at least 4 members (excludes halogenated alkanes) is 32. The standard InChI is InChI=1S/C63H122O17P2/c1-7-9-11-13-15-17-19-20-22-28-35-41-47-62(67)79-58(52-74-61(66)46-40-34-29-23-25-31-37-43-55(3)4)53-77-81(69,70)75-49-57(64)50-76-82(71,72)78-54-59(80-63(68)48-42-36-30-24-26-32-38-44-56(5)6)51-73-60(65)45-39-33-27-21-18-16-14-12-10-8-2/h55-59,64H,7-54H2,1-6H3,(H,69,70)(H,71,72)/t57-,58-,59-/m1/s1. The van der Waals surface area contributed by atoms with Crippen LogP contribution in [0.1, 0.15) is 311 Å². The Labute approximate surface area is 498 Å². The molecule has 0 spiro atoms. The van der Waals surface area contributed by atoms with E-state index in [1.54, 1.807) is 0 Å². The summed E-state index contributed by atoms with van der Waals surface area (Å²) < 4.78 is 67.9. The van der Waals surface area contributed by atoms with Gasteiger partial charge in [-0.25, -0.2) is 9.13 Å². The van der Waals surface area contributed by atoms with Gasteiger partial charge in [-0.05, 0) is 37.5 Å². The predicted octanol–water partition coefficient (Wildman–Crippen LogP) is 17.3. The first-order chi connectivity index (χ1) is 39.4. The van der Waals surface area contributed by atoms with Crippen molar-refractivity contribution in [3.63, 3.8) is 0 Å². The molecule has 0 amide bonds. The minimum absolute atomic E-state index is 0.103. The Balaban J connectivity index is 5.24. The number of aliphatic hydroxyl groups is 1. The largest absolute Gasteiger partial charge is 0.472 e. The van der Waals surface area contributed by atoms with Gasteiger partial charge in [0.1, 0.15) is 19.3 Å². The van der Waals surface area contributed by atoms with Gasteiger partial charge in [-0.2, -0.15) is 0 Å². The number of esters is 4. The fraction of sp³-hybridized carbons (Fsp3) is 0.937. The molecular formula is C63H122O17P2. The maximum absolute atomic E-state index is 13.0. The Kier molecular flexibility index (Phi) is 54.3. The third-order valence-corrected chi connectivity index (χ3v) is 16.4. The lowest BCUT2D eigenvalue weighted by Gasteiger charge is -2.21. The number of aliphatic hydroxyl groups excluding tert-OH is 1. The molecule has 0 fully saturated rings. The number of phosphoric acid groups is 2. The van der Waals surface area contributed by atoms with Gasteiger partial charge < -0.3 is 33.8 Å². The average molecular weight is 1210 g/mol. The lowest BCUT2D eigenvalue weighted by Crippen LogP contribution is -2.30. The highest BCUT2D eigenvalue weighted by atomic mass is 31.2. The quantitative estimate of drug-likeness (QED) is 0.0222. The Bertz CT molecular complexity index is 1620. The summed E-state index contributed by atoms with van der Waals surface area (Å²) in [5.41, 5.74) is 0. The highest BCUT2D eigenvalue weighted by molar-refractivity contribution is 7.47. The molecule has 0 aromatic heterocycles. The van der Waals surface area contributed by atoms with Crippen LogP contribution in [0.25, 0.3) is 0 Å². The Morgan fingerprint density at radius 2 is 0.561 bits per heavy atom. The van der Waals surface area contributed by atoms with Crippen LogP contribution in [-0.4, -0.2) is 96.7 Å². The summed E-state index contributed by atoms with van der Waals surface area (Å²) in [5, 5.41) is 10.5. The lowest BCUT2D eigenvalue weighted by atomic mass is 10.0. The molecule has 3 N–H and O–H groups in total. The van der Waals surface area contributed by atoms with E-state index in [4.69, 9.17) is 37.0 Å². The number of rotatable bonds is 62. The molecule has 0 aromatic carbocycles. The highest BCUT2D eigenvalue weighted by Crippen LogP contribution is 2.45. The van der Waals surface area contributed by atoms with Gasteiger partial charge in [0.2, 0.25) is 0 Å². The van der Waals surface area contributed by atoms with Crippen LogP contribution >= 0.6 is 15.6 Å². The third kappa shape index (κ3) is 57.2. The van der Waals surface area contributed by atoms with Gasteiger partial charge in [0.15, 0.2) is 12.2 Å². The number of hydrogen-bond donors (Lipinski definition) is 3. The van der Waals surface area contributed by atoms with E-state index < -0.39 is 97.5 Å². The summed E-state index contributed by atoms with van der Waals surface area (Å²) in [4.78, 5) is 72.1. The second-order valence-electron chi connectivity index (χ2n) is 23.7. The average Bonchev–Trinajstić information content (AvgIpc) is 3.43. The predicted molar refractivity (Wildman–Crippen MR) is 326 cm³/mol. The lowest BCUT2D eigenvalue weighted by molar-refractivity contribution is -0.161. The van der Waals surface area contributed by atoms with E-state index in [1.807, 2.05) is 0 Å². The van der Waals surface area contributed by atoms with Crippen LogP contribution in [0.3, 0.4) is 0 Å². The molecule has 0 rings (SSSR count). The number of carbonyl (C=O) groups excluding carboxylic acids is 4. The molecule has 5 atom stereocenters. The monoisotopic (exact) mass is 1210 g/mol. The smallest absolute Gasteiger partial charge is 0.462 e. The molecule has 0 saturated carbocycles. The molecule has 0 bridgehead atoms. The van der Waals surface area contributed by atoms with Crippen molar-refractivity contribution < 1.29 is 80.2 Å². The van der Waals surface area contributed by atoms with Crippen molar-refractivity contribution in [3.05, 3.63) is 0 Å². The molecule has 19 heteroatoms. The van der Waals surface area contributed by atoms with Crippen molar-refractivity contribution in [2.45, 2.75) is 330 Å². The topological polar surface area (TPSA) is 237 Å². The molecule has 0 saturated heterocycles. The fourth-order valence-corrected chi connectivity index (χ4v) is 10.9. The van der Waals surface area contributed by atoms with Crippen LogP contribution < -0.4 is 0 Å². The summed E-state index contributed by atoms with van der Waals surface area (Å²) in [6.45, 7) is 9.36. The van der Waals surface area contributed by atoms with Crippen LogP contribution in [-0.2, 0) is 65.4 Å². The highest BCUT2D eigenvalue weighted by Gasteiger charge is 2.30. The van der Waals surface area contributed by atoms with E-state index in [2.05, 4.69) is 41.5 Å². The Morgan fingerprint density at radius 3 is 0.829 bits per heavy atom. The van der Waals surface area contributed by atoms with Crippen LogP contribution in [0, 0.1) is 11.8 Å². The fourth-order valence-electron chi connectivity index (χ4n) is 9.35. The van der Waals surface area contributed by atoms with Crippen LogP contribution in [0.15, 0.2) is 0 Å². The van der Waals surface area contributed by atoms with Crippen molar-refractivity contribution >= 4 is 39.5 Å². The molecule has 0 radical (unpaired) electrons. The molecule has 0 heterocycles. The van der Waals surface area contributed by atoms with Crippen molar-refractivity contribution in [1.29, 1.82) is 0 Å². The van der Waals surface area contributed by atoms with Crippen molar-refractivity contribution in [2.24, 2.45) is 11.8 Å². The SMILES string of the molecule is CCCCCCCCCCCCCCC(=O)O[C@H](COC(=O)CCCCCCCCCC(C)C)COP(=O)(O)OC[C@@H](O)COP(=O)(O)OC[C@@H](COC(=O)CCCCCCCCCCCC)OC(=O)CCCCCCCCCC(C)C. The third-order valence-electron chi connectivity index (χ3n) is 14.5. The maximum Gasteiger partial charge on any atom is 0.472 e. The first kappa shape index (κ1) is 80.1. The summed E-state index contributed by atoms with van der Waals surface area (Å²) in [6, 6.07) is 0. The zero-order valence-electron chi connectivity index (χ0n) is 52.8. The molecule has 0 aliphatic rings. The van der Waals surface area contributed by atoms with Gasteiger partial charge in [-0.1, -0.05) is 260 Å². The second kappa shape index (κ2) is 55.6. The summed E-state index contributed by atoms with van der Waals surface area (Å²) in [6.07, 6.45) is 37.6. The van der Waals surface area contributed by atoms with Crippen LogP contribution in [0.4, 0.5) is 0 Å². The summed E-state index contributed by atoms with van der Waals surface area (Å²) in [7, 11) is -9.88. The van der Waals surface area contributed by atoms with Gasteiger partial charge in [0, 0.05) is 25.7 Å². The molecule has 486 valence electrons. The number of carbonyl (C=O) groups is 4. The van der Waals surface area contributed by atoms with E-state index in [-0.39, 0.29) is 25.7 Å². The molecule has 0 aromatic rings. The van der Waals surface area contributed by atoms with Gasteiger partial charge in [0.25, 0.3) is 0 Å². The normalized spacial score (nSPS) is 14.3. The van der Waals surface area contributed by atoms with Crippen molar-refractivity contribution in [2.75, 3.05) is 39.6 Å².